The minimum absolute atomic E-state index is 0.0256. The molecule has 0 saturated heterocycles. The molecule has 9 rings (SSSR count). The first-order valence-corrected chi connectivity index (χ1v) is 45.3. The summed E-state index contributed by atoms with van der Waals surface area (Å²) in [6.07, 6.45) is 4.89. The Bertz CT molecular complexity index is 4830. The molecule has 4 atom stereocenters. The monoisotopic (exact) mass is 1830 g/mol. The summed E-state index contributed by atoms with van der Waals surface area (Å²) in [6, 6.07) is 66.4. The van der Waals surface area contributed by atoms with E-state index in [1.807, 2.05) is 191 Å². The predicted octanol–water partition coefficient (Wildman–Crippen LogP) is 17.2. The van der Waals surface area contributed by atoms with Crippen molar-refractivity contribution in [1.82, 2.24) is 0 Å². The fourth-order valence-corrected chi connectivity index (χ4v) is 12.9. The van der Waals surface area contributed by atoms with Gasteiger partial charge in [0.05, 0.1) is 33.5 Å². The zero-order valence-electron chi connectivity index (χ0n) is 65.2. The molecule has 0 aliphatic carbocycles. The first-order valence-electron chi connectivity index (χ1n) is 36.0. The van der Waals surface area contributed by atoms with Gasteiger partial charge in [-0.05, 0) is 232 Å². The molecule has 9 aromatic rings. The van der Waals surface area contributed by atoms with Gasteiger partial charge in [-0.1, -0.05) is 189 Å². The lowest BCUT2D eigenvalue weighted by Crippen LogP contribution is -2.61. The summed E-state index contributed by atoms with van der Waals surface area (Å²) in [5.41, 5.74) is 4.66. The molecule has 0 spiro atoms. The lowest BCUT2D eigenvalue weighted by molar-refractivity contribution is -0.247. The summed E-state index contributed by atoms with van der Waals surface area (Å²) < 4.78 is 302. The van der Waals surface area contributed by atoms with Crippen molar-refractivity contribution in [3.05, 3.63) is 269 Å². The van der Waals surface area contributed by atoms with E-state index < -0.39 is 113 Å². The van der Waals surface area contributed by atoms with E-state index in [0.29, 0.717) is 60.5 Å². The summed E-state index contributed by atoms with van der Waals surface area (Å²) in [5.74, 6) is -16.1. The standard InChI is InChI=1S/C17H16F4O4S.C14H22O4S.C13H14F6O6S2.C13H20O4S.4C6H6S/c1-3-9(2)11-6-4-10(5-7-11)8-25-16-12(18)14(20)17(26(22,23)24)15(21)13(16)19;1-3-12(2)13-6-8-14(9-7-13)18-10-4-5-11-19(15,16)17;1-3-8(2)9-4-6-10(7-5-9)25-27(23,24)13(18,19)11(14,15)12(16,17)26(20,21)22;1-3-11(2)12-5-7-13(8-6-12)17-9-4-10-18(14,15)16;4*7-6-4-2-1-3-5-6/h4-7,9H,3,8H2,1-2H3,(H,22,23,24);6-9,12H,3-5,10-11H2,1-2H3,(H,15,16,17);4-8H,3H2,1-2H3,(H,20,21,22);5-8,11H,3-4,9-10H2,1-2H3,(H,14,15,16);4*1-5,7H. The molecule has 0 N–H and O–H groups in total. The third-order valence-corrected chi connectivity index (χ3v) is 22.6. The van der Waals surface area contributed by atoms with Crippen LogP contribution in [0.5, 0.6) is 23.0 Å². The van der Waals surface area contributed by atoms with Gasteiger partial charge in [0.2, 0.25) is 11.6 Å². The highest BCUT2D eigenvalue weighted by atomic mass is 32.2. The Morgan fingerprint density at radius 3 is 0.898 bits per heavy atom. The normalized spacial score (nSPS) is 12.6. The summed E-state index contributed by atoms with van der Waals surface area (Å²) in [6.45, 7) is 16.5. The van der Waals surface area contributed by atoms with Crippen LogP contribution in [0.3, 0.4) is 0 Å². The summed E-state index contributed by atoms with van der Waals surface area (Å²) in [7, 11) is -28.1. The molecule has 18 nitrogen and oxygen atoms in total. The Kier molecular flexibility index (Phi) is 46.3. The van der Waals surface area contributed by atoms with Gasteiger partial charge in [-0.15, -0.1) is 0 Å². The van der Waals surface area contributed by atoms with Crippen LogP contribution in [0.2, 0.25) is 0 Å². The average Bonchev–Trinajstić information content (AvgIpc) is 0.722. The molecule has 0 saturated carbocycles. The van der Waals surface area contributed by atoms with Crippen LogP contribution in [-0.4, -0.2) is 101 Å². The van der Waals surface area contributed by atoms with Crippen molar-refractivity contribution in [2.75, 3.05) is 24.7 Å². The van der Waals surface area contributed by atoms with Gasteiger partial charge >= 0.3 is 26.5 Å². The second-order valence-corrected chi connectivity index (χ2v) is 35.4. The van der Waals surface area contributed by atoms with Gasteiger partial charge in [0.1, 0.15) is 58.5 Å². The highest BCUT2D eigenvalue weighted by Crippen LogP contribution is 2.51. The molecule has 0 aliphatic rings. The second kappa shape index (κ2) is 51.3. The van der Waals surface area contributed by atoms with Crippen LogP contribution >= 0.6 is 0 Å². The van der Waals surface area contributed by atoms with Gasteiger partial charge < -0.3 is 36.6 Å². The van der Waals surface area contributed by atoms with Crippen LogP contribution in [0.25, 0.3) is 0 Å². The molecule has 0 heterocycles. The summed E-state index contributed by atoms with van der Waals surface area (Å²) in [5, 5.41) is -13.7. The van der Waals surface area contributed by atoms with Crippen molar-refractivity contribution in [2.45, 2.75) is 172 Å². The van der Waals surface area contributed by atoms with Gasteiger partial charge in [0.25, 0.3) is 0 Å². The molecule has 0 aliphatic heterocycles. The van der Waals surface area contributed by atoms with E-state index in [1.54, 1.807) is 31.2 Å². The highest BCUT2D eigenvalue weighted by Gasteiger charge is 2.81. The van der Waals surface area contributed by atoms with Crippen molar-refractivity contribution in [3.63, 3.8) is 0 Å². The largest absolute Gasteiger partial charge is 0.748 e. The van der Waals surface area contributed by atoms with Gasteiger partial charge in [0, 0.05) is 11.5 Å². The second-order valence-electron chi connectivity index (χ2n) is 25.7. The summed E-state index contributed by atoms with van der Waals surface area (Å²) in [4.78, 5) is 2.30. The lowest BCUT2D eigenvalue weighted by atomic mass is 9.98. The maximum absolute atomic E-state index is 13.8. The topological polar surface area (TPSA) is 300 Å². The van der Waals surface area contributed by atoms with Crippen molar-refractivity contribution in [1.29, 1.82) is 0 Å². The highest BCUT2D eigenvalue weighted by molar-refractivity contribution is 7.89. The van der Waals surface area contributed by atoms with E-state index in [2.05, 4.69) is 82.4 Å². The van der Waals surface area contributed by atoms with Crippen LogP contribution in [0, 0.1) is 23.3 Å². The Hall–Kier alpha value is -7.53. The van der Waals surface area contributed by atoms with Gasteiger partial charge in [0.15, 0.2) is 27.5 Å². The van der Waals surface area contributed by atoms with E-state index in [1.165, 1.54) is 23.3 Å². The fourth-order valence-electron chi connectivity index (χ4n) is 9.03. The molecule has 0 fully saturated rings. The molecule has 0 aromatic heterocycles. The number of rotatable bonds is 29. The van der Waals surface area contributed by atoms with Crippen LogP contribution < -0.4 is 18.4 Å². The number of alkyl halides is 6. The van der Waals surface area contributed by atoms with Gasteiger partial charge in [-0.25, -0.2) is 42.5 Å². The van der Waals surface area contributed by atoms with Crippen molar-refractivity contribution >= 4 is 101 Å². The first-order chi connectivity index (χ1) is 54.9. The Morgan fingerprint density at radius 1 is 0.356 bits per heavy atom. The summed E-state index contributed by atoms with van der Waals surface area (Å²) >= 11 is 13.4. The number of hydrogen-bond acceptors (Lipinski definition) is 18. The van der Waals surface area contributed by atoms with Crippen LogP contribution in [0.1, 0.15) is 152 Å². The fraction of sp³-hybridized carbons (Fsp3) is 0.333. The molecular weight excluding hydrogens is 1740 g/mol. The molecule has 652 valence electrons. The third-order valence-electron chi connectivity index (χ3n) is 16.7. The van der Waals surface area contributed by atoms with Gasteiger partial charge in [-0.3, -0.25) is 0 Å². The Labute approximate surface area is 707 Å². The lowest BCUT2D eigenvalue weighted by Gasteiger charge is -2.32. The van der Waals surface area contributed by atoms with Gasteiger partial charge in [-0.2, -0.15) is 43.5 Å². The molecule has 118 heavy (non-hydrogen) atoms. The van der Waals surface area contributed by atoms with Crippen molar-refractivity contribution in [2.24, 2.45) is 0 Å². The molecule has 0 amide bonds. The van der Waals surface area contributed by atoms with E-state index >= 15 is 0 Å². The molecule has 0 bridgehead atoms. The minimum Gasteiger partial charge on any atom is -0.748 e. The van der Waals surface area contributed by atoms with Crippen LogP contribution in [-0.2, 0) is 108 Å². The minimum atomic E-state index is -7.33. The third kappa shape index (κ3) is 38.0. The average molecular weight is 1840 g/mol. The van der Waals surface area contributed by atoms with E-state index in [0.717, 1.165) is 62.3 Å². The number of hydrogen-bond donors (Lipinski definition) is 0. The number of halogens is 10. The quantitative estimate of drug-likeness (QED) is 0.0105. The maximum atomic E-state index is 13.8. The van der Waals surface area contributed by atoms with E-state index in [-0.39, 0.29) is 30.5 Å². The maximum Gasteiger partial charge on any atom is 0.450 e. The van der Waals surface area contributed by atoms with Crippen LogP contribution in [0.4, 0.5) is 43.9 Å². The molecule has 9 aromatic carbocycles. The number of unbranched alkanes of at least 4 members (excludes halogenated alkanes) is 1. The SMILES string of the molecule is CCC(C)c1ccc(COc2c(F)c(F)c(S(=O)(=O)[O-])c(F)c2F)cc1.CCC(C)c1ccc(OCCCCS(=O)(=O)[O-])cc1.CCC(C)c1ccc(OCCCS(=O)(=O)[O-])cc1.CCC(C)c1ccc(OS(=O)(=O)C(F)(F)C(F)(F)C(F)(F)S(=O)(=O)[O-])cc1.[SH2+]c1ccccc1.[SH2+]c1ccccc1.[SH2+]c1ccccc1.[SH2+]c1ccccc1. The van der Waals surface area contributed by atoms with E-state index in [4.69, 9.17) is 14.2 Å². The molecule has 4 unspecified atom stereocenters. The predicted molar refractivity (Wildman–Crippen MR) is 447 cm³/mol. The smallest absolute Gasteiger partial charge is 0.450 e. The van der Waals surface area contributed by atoms with E-state index in [9.17, 15) is 104 Å². The molecule has 0 radical (unpaired) electrons. The van der Waals surface area contributed by atoms with Crippen molar-refractivity contribution in [3.8, 4) is 23.0 Å². The Balaban J connectivity index is 0.000000482. The van der Waals surface area contributed by atoms with Crippen molar-refractivity contribution < 1.29 is 123 Å². The number of benzene rings is 9. The number of ether oxygens (including phenoxy) is 3. The Morgan fingerprint density at radius 2 is 0.636 bits per heavy atom. The van der Waals surface area contributed by atoms with Crippen LogP contribution in [0.15, 0.2) is 243 Å². The zero-order chi connectivity index (χ0) is 89.5. The molecular formula is C81H96F10O18S9. The first kappa shape index (κ1) is 107. The zero-order valence-corrected chi connectivity index (χ0v) is 73.3. The molecule has 37 heteroatoms.